The molecule has 0 bridgehead atoms. The molecule has 0 unspecified atom stereocenters. The van der Waals surface area contributed by atoms with Crippen LogP contribution < -0.4 is 4.74 Å². The molecule has 6 heteroatoms. The minimum atomic E-state index is -1.04. The van der Waals surface area contributed by atoms with Gasteiger partial charge in [-0.1, -0.05) is 68.5 Å². The largest absolute Gasteiger partial charge is 0.512 e. The Morgan fingerprint density at radius 3 is 2.53 bits per heavy atom. The van der Waals surface area contributed by atoms with Crippen molar-refractivity contribution in [3.63, 3.8) is 0 Å². The third-order valence-corrected chi connectivity index (χ3v) is 6.97. The smallest absolute Gasteiger partial charge is 0.189 e. The van der Waals surface area contributed by atoms with E-state index in [1.165, 1.54) is 16.3 Å². The third-order valence-electron chi connectivity index (χ3n) is 6.97. The number of fused-ring (bicyclic) bond motifs is 3. The molecule has 2 heterocycles. The fraction of sp³-hybridized carbons (Fsp3) is 0.312. The first-order valence-corrected chi connectivity index (χ1v) is 12.8. The molecule has 38 heavy (non-hydrogen) atoms. The molecule has 1 aliphatic rings. The number of ether oxygens (including phenoxy) is 1. The van der Waals surface area contributed by atoms with Gasteiger partial charge >= 0.3 is 0 Å². The molecule has 0 saturated heterocycles. The summed E-state index contributed by atoms with van der Waals surface area (Å²) in [4.78, 5) is 15.2. The summed E-state index contributed by atoms with van der Waals surface area (Å²) in [6.45, 7) is 9.32. The van der Waals surface area contributed by atoms with E-state index in [0.717, 1.165) is 58.0 Å². The molecule has 5 rings (SSSR count). The van der Waals surface area contributed by atoms with Crippen molar-refractivity contribution < 1.29 is 39.1 Å². The second-order valence-corrected chi connectivity index (χ2v) is 9.72. The van der Waals surface area contributed by atoms with Crippen LogP contribution in [0.25, 0.3) is 32.8 Å². The van der Waals surface area contributed by atoms with Gasteiger partial charge in [-0.2, -0.15) is 0 Å². The van der Waals surface area contributed by atoms with Gasteiger partial charge in [-0.25, -0.2) is 4.39 Å². The Bertz CT molecular complexity index is 1490. The van der Waals surface area contributed by atoms with Crippen molar-refractivity contribution >= 4 is 27.3 Å². The van der Waals surface area contributed by atoms with Crippen molar-refractivity contribution in [2.24, 2.45) is 5.92 Å². The second-order valence-electron chi connectivity index (χ2n) is 9.72. The van der Waals surface area contributed by atoms with E-state index >= 15 is 0 Å². The quantitative estimate of drug-likeness (QED) is 0.110. The molecular formula is C32H33FIrNO3-. The standard InChI is InChI=1S/C23H18NO.C9H15FO2.Ir/c1-13(2)17-10-16-8-9-24-22-19-11-15-6-4-5-7-18(15)14(3)23(19)25-20(12-17)21(16)22;1-3-7(4-2)9(12)5-8(11)6-10;/h4-10,12-13H,1-3H3;5,7,12H,3-4,6H2,1-2H3;/q-1;;/b;9-5-;. The third kappa shape index (κ3) is 5.82. The molecule has 0 atom stereocenters. The van der Waals surface area contributed by atoms with Crippen molar-refractivity contribution in [3.8, 4) is 22.8 Å². The van der Waals surface area contributed by atoms with Gasteiger partial charge in [0.2, 0.25) is 0 Å². The molecule has 0 amide bonds. The Morgan fingerprint density at radius 1 is 1.16 bits per heavy atom. The Balaban J connectivity index is 0.000000265. The van der Waals surface area contributed by atoms with Gasteiger partial charge in [0, 0.05) is 49.4 Å². The fourth-order valence-corrected chi connectivity index (χ4v) is 4.76. The second kappa shape index (κ2) is 12.6. The molecule has 4 aromatic rings. The van der Waals surface area contributed by atoms with E-state index < -0.39 is 12.5 Å². The first-order valence-electron chi connectivity index (χ1n) is 12.8. The minimum Gasteiger partial charge on any atom is -0.512 e. The van der Waals surface area contributed by atoms with Crippen LogP contribution in [-0.4, -0.2) is 22.5 Å². The van der Waals surface area contributed by atoms with Crippen LogP contribution in [-0.2, 0) is 24.9 Å². The Morgan fingerprint density at radius 2 is 1.87 bits per heavy atom. The molecule has 201 valence electrons. The number of nitrogens with zero attached hydrogens (tertiary/aromatic N) is 1. The van der Waals surface area contributed by atoms with Crippen molar-refractivity contribution in [2.45, 2.75) is 53.4 Å². The van der Waals surface area contributed by atoms with Crippen LogP contribution in [0.4, 0.5) is 4.39 Å². The SMILES string of the molecule is CCC(CC)/C(O)=C/C(=O)CF.Cc1c2c([c-]c3ccccc13)-c1nccc3cc(C(C)C)cc(c13)O2.[Ir]. The Labute approximate surface area is 237 Å². The molecule has 1 radical (unpaired) electrons. The van der Waals surface area contributed by atoms with Gasteiger partial charge in [-0.15, -0.1) is 17.5 Å². The number of aliphatic hydroxyl groups excluding tert-OH is 1. The summed E-state index contributed by atoms with van der Waals surface area (Å²) >= 11 is 0. The predicted octanol–water partition coefficient (Wildman–Crippen LogP) is 8.79. The topological polar surface area (TPSA) is 59.4 Å². The summed E-state index contributed by atoms with van der Waals surface area (Å²) in [7, 11) is 0. The fourth-order valence-electron chi connectivity index (χ4n) is 4.76. The first kappa shape index (κ1) is 29.5. The van der Waals surface area contributed by atoms with Crippen LogP contribution >= 0.6 is 0 Å². The van der Waals surface area contributed by atoms with Crippen molar-refractivity contribution in [2.75, 3.05) is 6.67 Å². The van der Waals surface area contributed by atoms with Crippen molar-refractivity contribution in [3.05, 3.63) is 77.7 Å². The van der Waals surface area contributed by atoms with E-state index in [-0.39, 0.29) is 31.8 Å². The van der Waals surface area contributed by atoms with Crippen LogP contribution in [0.1, 0.15) is 57.6 Å². The molecule has 0 saturated carbocycles. The molecular weight excluding hydrogens is 658 g/mol. The predicted molar refractivity (Wildman–Crippen MR) is 148 cm³/mol. The number of ketones is 1. The van der Waals surface area contributed by atoms with E-state index in [9.17, 15) is 14.3 Å². The van der Waals surface area contributed by atoms with Crippen LogP contribution in [0.5, 0.6) is 11.5 Å². The molecule has 1 aromatic heterocycles. The number of rotatable bonds is 6. The van der Waals surface area contributed by atoms with Crippen LogP contribution in [0.15, 0.2) is 60.5 Å². The van der Waals surface area contributed by atoms with E-state index in [1.807, 2.05) is 26.1 Å². The number of aromatic nitrogens is 1. The maximum absolute atomic E-state index is 11.7. The zero-order valence-corrected chi connectivity index (χ0v) is 24.8. The van der Waals surface area contributed by atoms with E-state index in [4.69, 9.17) is 4.74 Å². The number of benzene rings is 3. The number of hydrogen-bond acceptors (Lipinski definition) is 4. The van der Waals surface area contributed by atoms with Crippen molar-refractivity contribution in [1.29, 1.82) is 0 Å². The zero-order chi connectivity index (χ0) is 26.7. The Kier molecular flexibility index (Phi) is 9.81. The maximum atomic E-state index is 11.7. The number of halogens is 1. The van der Waals surface area contributed by atoms with Crippen LogP contribution in [0.2, 0.25) is 0 Å². The molecule has 3 aromatic carbocycles. The van der Waals surface area contributed by atoms with Gasteiger partial charge in [-0.3, -0.25) is 9.78 Å². The van der Waals surface area contributed by atoms with E-state index in [0.29, 0.717) is 5.92 Å². The number of allylic oxidation sites excluding steroid dienone is 2. The van der Waals surface area contributed by atoms with Crippen LogP contribution in [0, 0.1) is 18.9 Å². The molecule has 4 nitrogen and oxygen atoms in total. The van der Waals surface area contributed by atoms with Gasteiger partial charge in [0.15, 0.2) is 12.5 Å². The van der Waals surface area contributed by atoms with Gasteiger partial charge in [-0.05, 0) is 48.8 Å². The van der Waals surface area contributed by atoms with Gasteiger partial charge in [0.25, 0.3) is 0 Å². The Hall–Kier alpha value is -3.08. The van der Waals surface area contributed by atoms with Crippen molar-refractivity contribution in [1.82, 2.24) is 4.98 Å². The molecule has 1 aliphatic heterocycles. The minimum absolute atomic E-state index is 0. The summed E-state index contributed by atoms with van der Waals surface area (Å²) in [6, 6.07) is 18.3. The summed E-state index contributed by atoms with van der Waals surface area (Å²) < 4.78 is 18.1. The molecule has 1 N–H and O–H groups in total. The average molecular weight is 691 g/mol. The van der Waals surface area contributed by atoms with Crippen LogP contribution in [0.3, 0.4) is 0 Å². The number of hydrogen-bond donors (Lipinski definition) is 1. The molecule has 0 spiro atoms. The average Bonchev–Trinajstić information content (AvgIpc) is 2.90. The maximum Gasteiger partial charge on any atom is 0.189 e. The number of carbonyl (C=O) groups excluding carboxylic acids is 1. The van der Waals surface area contributed by atoms with Gasteiger partial charge in [0.05, 0.1) is 11.5 Å². The summed E-state index contributed by atoms with van der Waals surface area (Å²) in [6.07, 6.45) is 4.40. The van der Waals surface area contributed by atoms with E-state index in [1.54, 1.807) is 0 Å². The summed E-state index contributed by atoms with van der Waals surface area (Å²) in [5, 5.41) is 13.8. The number of aliphatic hydroxyl groups is 1. The number of alkyl halides is 1. The zero-order valence-electron chi connectivity index (χ0n) is 22.4. The van der Waals surface area contributed by atoms with Gasteiger partial charge < -0.3 is 9.84 Å². The number of pyridine rings is 1. The summed E-state index contributed by atoms with van der Waals surface area (Å²) in [5.41, 5.74) is 4.36. The summed E-state index contributed by atoms with van der Waals surface area (Å²) in [5.74, 6) is 1.56. The normalized spacial score (nSPS) is 12.1. The first-order chi connectivity index (χ1) is 17.8. The van der Waals surface area contributed by atoms with Gasteiger partial charge in [0.1, 0.15) is 5.75 Å². The molecule has 0 fully saturated rings. The number of carbonyl (C=O) groups is 1. The number of aryl methyl sites for hydroxylation is 1. The molecule has 0 aliphatic carbocycles. The van der Waals surface area contributed by atoms with E-state index in [2.05, 4.69) is 68.2 Å². The monoisotopic (exact) mass is 691 g/mol.